The maximum atomic E-state index is 2.27. The Bertz CT molecular complexity index is 1310. The van der Waals surface area contributed by atoms with E-state index in [1.54, 1.807) is 0 Å². The molecule has 0 heteroatoms. The average Bonchev–Trinajstić information content (AvgIpc) is 2.84. The lowest BCUT2D eigenvalue weighted by molar-refractivity contribution is 0.867. The quantitative estimate of drug-likeness (QED) is 0.283. The summed E-state index contributed by atoms with van der Waals surface area (Å²) in [6.07, 6.45) is 0. The topological polar surface area (TPSA) is 0 Å². The first kappa shape index (κ1) is 19.3. The lowest BCUT2D eigenvalue weighted by atomic mass is 9.88. The maximum absolute atomic E-state index is 2.27. The number of rotatable bonds is 4. The van der Waals surface area contributed by atoms with Gasteiger partial charge >= 0.3 is 0 Å². The van der Waals surface area contributed by atoms with Gasteiger partial charge in [-0.15, -0.1) is 0 Å². The Morgan fingerprint density at radius 2 is 1.03 bits per heavy atom. The van der Waals surface area contributed by atoms with Crippen LogP contribution in [0.4, 0.5) is 0 Å². The third-order valence-corrected chi connectivity index (χ3v) is 6.10. The van der Waals surface area contributed by atoms with Crippen LogP contribution >= 0.6 is 0 Å². The summed E-state index contributed by atoms with van der Waals surface area (Å²) in [6.45, 7) is 4.48. The molecule has 0 amide bonds. The lowest BCUT2D eigenvalue weighted by Crippen LogP contribution is -1.90. The minimum atomic E-state index is 0.538. The Morgan fingerprint density at radius 1 is 0.452 bits per heavy atom. The van der Waals surface area contributed by atoms with Crippen LogP contribution in [-0.2, 0) is 0 Å². The molecule has 0 aliphatic rings. The van der Waals surface area contributed by atoms with Crippen molar-refractivity contribution in [1.29, 1.82) is 0 Å². The maximum Gasteiger partial charge on any atom is -0.00268 e. The van der Waals surface area contributed by atoms with E-state index in [0.29, 0.717) is 5.92 Å². The molecule has 0 saturated carbocycles. The van der Waals surface area contributed by atoms with E-state index >= 15 is 0 Å². The van der Waals surface area contributed by atoms with Crippen molar-refractivity contribution in [1.82, 2.24) is 0 Å². The van der Waals surface area contributed by atoms with Gasteiger partial charge in [-0.25, -0.2) is 0 Å². The fourth-order valence-electron chi connectivity index (χ4n) is 4.33. The normalized spacial score (nSPS) is 11.2. The van der Waals surface area contributed by atoms with Crippen LogP contribution in [0.1, 0.15) is 25.3 Å². The van der Waals surface area contributed by atoms with Crippen LogP contribution in [0.15, 0.2) is 115 Å². The molecule has 0 heterocycles. The molecule has 0 spiro atoms. The Kier molecular flexibility index (Phi) is 5.14. The Hall–Kier alpha value is -3.64. The van der Waals surface area contributed by atoms with Gasteiger partial charge in [0, 0.05) is 0 Å². The molecule has 0 N–H and O–H groups in total. The summed E-state index contributed by atoms with van der Waals surface area (Å²) in [4.78, 5) is 0. The van der Waals surface area contributed by atoms with Gasteiger partial charge in [-0.3, -0.25) is 0 Å². The second kappa shape index (κ2) is 8.24. The highest BCUT2D eigenvalue weighted by molar-refractivity contribution is 6.04. The van der Waals surface area contributed by atoms with Gasteiger partial charge < -0.3 is 0 Å². The standard InChI is InChI=1S/C31H26/c1-22(2)23-12-16-27(17-13-23)30-21-20-26-10-6-7-11-29(26)31(30)28-18-14-25(15-19-28)24-8-4-3-5-9-24/h3-22H,1-2H3. The van der Waals surface area contributed by atoms with Gasteiger partial charge in [-0.2, -0.15) is 0 Å². The van der Waals surface area contributed by atoms with Gasteiger partial charge in [0.25, 0.3) is 0 Å². The summed E-state index contributed by atoms with van der Waals surface area (Å²) in [5.74, 6) is 0.538. The Morgan fingerprint density at radius 3 is 1.74 bits per heavy atom. The summed E-state index contributed by atoms with van der Waals surface area (Å²) >= 11 is 0. The van der Waals surface area contributed by atoms with Crippen LogP contribution in [0, 0.1) is 0 Å². The van der Waals surface area contributed by atoms with Crippen molar-refractivity contribution >= 4 is 10.8 Å². The zero-order valence-electron chi connectivity index (χ0n) is 18.0. The third-order valence-electron chi connectivity index (χ3n) is 6.10. The van der Waals surface area contributed by atoms with Gasteiger partial charge in [-0.05, 0) is 55.6 Å². The fourth-order valence-corrected chi connectivity index (χ4v) is 4.33. The van der Waals surface area contributed by atoms with Crippen molar-refractivity contribution in [2.45, 2.75) is 19.8 Å². The van der Waals surface area contributed by atoms with Gasteiger partial charge in [0.2, 0.25) is 0 Å². The van der Waals surface area contributed by atoms with Gasteiger partial charge in [-0.1, -0.05) is 129 Å². The summed E-state index contributed by atoms with van der Waals surface area (Å²) in [6, 6.07) is 41.8. The van der Waals surface area contributed by atoms with Crippen molar-refractivity contribution in [2.24, 2.45) is 0 Å². The SMILES string of the molecule is CC(C)c1ccc(-c2ccc3ccccc3c2-c2ccc(-c3ccccc3)cc2)cc1. The molecule has 5 aromatic rings. The summed E-state index contributed by atoms with van der Waals surface area (Å²) in [5, 5.41) is 2.56. The van der Waals surface area contributed by atoms with E-state index < -0.39 is 0 Å². The zero-order chi connectivity index (χ0) is 21.2. The molecule has 0 aliphatic carbocycles. The van der Waals surface area contributed by atoms with Gasteiger partial charge in [0.05, 0.1) is 0 Å². The number of benzene rings is 5. The number of hydrogen-bond acceptors (Lipinski definition) is 0. The van der Waals surface area contributed by atoms with Gasteiger partial charge in [0.1, 0.15) is 0 Å². The molecule has 5 rings (SSSR count). The molecule has 0 nitrogen and oxygen atoms in total. The molecule has 0 unspecified atom stereocenters. The average molecular weight is 399 g/mol. The summed E-state index contributed by atoms with van der Waals surface area (Å²) in [5.41, 5.74) is 8.95. The summed E-state index contributed by atoms with van der Waals surface area (Å²) in [7, 11) is 0. The fraction of sp³-hybridized carbons (Fsp3) is 0.0968. The molecule has 0 aromatic heterocycles. The smallest absolute Gasteiger partial charge is 0.00268 e. The van der Waals surface area contributed by atoms with Crippen molar-refractivity contribution < 1.29 is 0 Å². The third kappa shape index (κ3) is 3.78. The Labute approximate surface area is 184 Å². The molecular weight excluding hydrogens is 372 g/mol. The van der Waals surface area contributed by atoms with Crippen molar-refractivity contribution in [3.05, 3.63) is 121 Å². The highest BCUT2D eigenvalue weighted by Crippen LogP contribution is 2.39. The number of hydrogen-bond donors (Lipinski definition) is 0. The minimum absolute atomic E-state index is 0.538. The van der Waals surface area contributed by atoms with Crippen LogP contribution in [0.5, 0.6) is 0 Å². The first-order valence-corrected chi connectivity index (χ1v) is 11.0. The van der Waals surface area contributed by atoms with Gasteiger partial charge in [0.15, 0.2) is 0 Å². The monoisotopic (exact) mass is 398 g/mol. The van der Waals surface area contributed by atoms with E-state index in [9.17, 15) is 0 Å². The van der Waals surface area contributed by atoms with E-state index in [0.717, 1.165) is 0 Å². The molecule has 150 valence electrons. The molecule has 0 radical (unpaired) electrons. The molecule has 5 aromatic carbocycles. The van der Waals surface area contributed by atoms with Crippen LogP contribution in [0.2, 0.25) is 0 Å². The molecule has 0 bridgehead atoms. The van der Waals surface area contributed by atoms with Crippen LogP contribution in [-0.4, -0.2) is 0 Å². The van der Waals surface area contributed by atoms with E-state index in [2.05, 4.69) is 129 Å². The molecule has 0 atom stereocenters. The summed E-state index contributed by atoms with van der Waals surface area (Å²) < 4.78 is 0. The second-order valence-electron chi connectivity index (χ2n) is 8.43. The molecule has 0 saturated heterocycles. The second-order valence-corrected chi connectivity index (χ2v) is 8.43. The lowest BCUT2D eigenvalue weighted by Gasteiger charge is -2.15. The van der Waals surface area contributed by atoms with E-state index in [4.69, 9.17) is 0 Å². The predicted molar refractivity (Wildman–Crippen MR) is 134 cm³/mol. The molecule has 0 aliphatic heterocycles. The number of fused-ring (bicyclic) bond motifs is 1. The van der Waals surface area contributed by atoms with Crippen LogP contribution < -0.4 is 0 Å². The molecule has 31 heavy (non-hydrogen) atoms. The van der Waals surface area contributed by atoms with Crippen LogP contribution in [0.3, 0.4) is 0 Å². The van der Waals surface area contributed by atoms with E-state index in [1.807, 2.05) is 0 Å². The highest BCUT2D eigenvalue weighted by atomic mass is 14.2. The largest absolute Gasteiger partial charge is 0.0622 e. The highest BCUT2D eigenvalue weighted by Gasteiger charge is 2.12. The minimum Gasteiger partial charge on any atom is -0.0622 e. The first-order valence-electron chi connectivity index (χ1n) is 11.0. The van der Waals surface area contributed by atoms with Crippen molar-refractivity contribution in [3.8, 4) is 33.4 Å². The Balaban J connectivity index is 1.67. The van der Waals surface area contributed by atoms with Crippen molar-refractivity contribution in [3.63, 3.8) is 0 Å². The molecule has 0 fully saturated rings. The molecular formula is C31H26. The van der Waals surface area contributed by atoms with E-state index in [-0.39, 0.29) is 0 Å². The first-order chi connectivity index (χ1) is 15.2. The van der Waals surface area contributed by atoms with E-state index in [1.165, 1.54) is 49.7 Å². The van der Waals surface area contributed by atoms with Crippen molar-refractivity contribution in [2.75, 3.05) is 0 Å². The predicted octanol–water partition coefficient (Wildman–Crippen LogP) is 8.96. The zero-order valence-corrected chi connectivity index (χ0v) is 18.0. The van der Waals surface area contributed by atoms with Crippen LogP contribution in [0.25, 0.3) is 44.2 Å².